The summed E-state index contributed by atoms with van der Waals surface area (Å²) in [5.74, 6) is -2.24. The molecule has 2 rings (SSSR count). The van der Waals surface area contributed by atoms with Crippen molar-refractivity contribution < 1.29 is 14.7 Å². The molecule has 0 bridgehead atoms. The molecule has 0 aliphatic carbocycles. The summed E-state index contributed by atoms with van der Waals surface area (Å²) in [4.78, 5) is 25.3. The van der Waals surface area contributed by atoms with Gasteiger partial charge in [0.1, 0.15) is 0 Å². The summed E-state index contributed by atoms with van der Waals surface area (Å²) in [7, 11) is 0. The van der Waals surface area contributed by atoms with Crippen LogP contribution < -0.4 is 4.90 Å². The summed E-state index contributed by atoms with van der Waals surface area (Å²) in [5, 5.41) is 9.30. The average Bonchev–Trinajstić information content (AvgIpc) is 2.38. The van der Waals surface area contributed by atoms with Crippen LogP contribution >= 0.6 is 11.6 Å². The Balaban J connectivity index is 2.01. The SMILES string of the molecule is O=C(O)C(=O)N1CCN(c2ccccc2Cl)CC1. The van der Waals surface area contributed by atoms with Crippen molar-refractivity contribution in [1.29, 1.82) is 0 Å². The number of anilines is 1. The van der Waals surface area contributed by atoms with Crippen molar-refractivity contribution in [2.24, 2.45) is 0 Å². The lowest BCUT2D eigenvalue weighted by molar-refractivity contribution is -0.156. The molecule has 1 heterocycles. The highest BCUT2D eigenvalue weighted by Gasteiger charge is 2.25. The van der Waals surface area contributed by atoms with Crippen LogP contribution in [0.1, 0.15) is 0 Å². The highest BCUT2D eigenvalue weighted by Crippen LogP contribution is 2.25. The molecule has 96 valence electrons. The van der Waals surface area contributed by atoms with Gasteiger partial charge in [-0.15, -0.1) is 0 Å². The van der Waals surface area contributed by atoms with E-state index >= 15 is 0 Å². The van der Waals surface area contributed by atoms with E-state index in [-0.39, 0.29) is 0 Å². The molecule has 6 heteroatoms. The molecule has 1 aliphatic rings. The first-order chi connectivity index (χ1) is 8.59. The zero-order valence-electron chi connectivity index (χ0n) is 9.67. The number of carbonyl (C=O) groups excluding carboxylic acids is 1. The van der Waals surface area contributed by atoms with Crippen LogP contribution in [-0.2, 0) is 9.59 Å². The fraction of sp³-hybridized carbons (Fsp3) is 0.333. The molecule has 0 radical (unpaired) electrons. The third kappa shape index (κ3) is 2.56. The van der Waals surface area contributed by atoms with E-state index in [2.05, 4.69) is 0 Å². The van der Waals surface area contributed by atoms with E-state index in [1.807, 2.05) is 29.2 Å². The Bertz CT molecular complexity index is 470. The number of amides is 1. The van der Waals surface area contributed by atoms with Crippen molar-refractivity contribution >= 4 is 29.2 Å². The van der Waals surface area contributed by atoms with Crippen molar-refractivity contribution in [3.05, 3.63) is 29.3 Å². The van der Waals surface area contributed by atoms with Gasteiger partial charge in [-0.3, -0.25) is 4.79 Å². The van der Waals surface area contributed by atoms with Gasteiger partial charge in [0.15, 0.2) is 0 Å². The third-order valence-electron chi connectivity index (χ3n) is 2.94. The second-order valence-electron chi connectivity index (χ2n) is 4.04. The Hall–Kier alpha value is -1.75. The zero-order valence-corrected chi connectivity index (χ0v) is 10.4. The van der Waals surface area contributed by atoms with Crippen LogP contribution in [0.25, 0.3) is 0 Å². The standard InChI is InChI=1S/C12H13ClN2O3/c13-9-3-1-2-4-10(9)14-5-7-15(8-6-14)11(16)12(17)18/h1-4H,5-8H2,(H,17,18). The molecule has 18 heavy (non-hydrogen) atoms. The van der Waals surface area contributed by atoms with Gasteiger partial charge in [-0.1, -0.05) is 23.7 Å². The smallest absolute Gasteiger partial charge is 0.394 e. The Morgan fingerprint density at radius 2 is 1.72 bits per heavy atom. The van der Waals surface area contributed by atoms with Gasteiger partial charge in [-0.05, 0) is 12.1 Å². The maximum Gasteiger partial charge on any atom is 0.394 e. The summed E-state index contributed by atoms with van der Waals surface area (Å²) < 4.78 is 0. The lowest BCUT2D eigenvalue weighted by Crippen LogP contribution is -2.50. The van der Waals surface area contributed by atoms with E-state index in [1.54, 1.807) is 0 Å². The molecule has 0 unspecified atom stereocenters. The van der Waals surface area contributed by atoms with Crippen LogP contribution in [0, 0.1) is 0 Å². The van der Waals surface area contributed by atoms with Crippen molar-refractivity contribution in [1.82, 2.24) is 4.90 Å². The Morgan fingerprint density at radius 1 is 1.11 bits per heavy atom. The maximum atomic E-state index is 11.3. The van der Waals surface area contributed by atoms with Gasteiger partial charge < -0.3 is 14.9 Å². The summed E-state index contributed by atoms with van der Waals surface area (Å²) in [5.41, 5.74) is 0.918. The quantitative estimate of drug-likeness (QED) is 0.774. The molecule has 0 saturated carbocycles. The predicted octanol–water partition coefficient (Wildman–Crippen LogP) is 1.07. The fourth-order valence-corrected chi connectivity index (χ4v) is 2.25. The summed E-state index contributed by atoms with van der Waals surface area (Å²) in [6.45, 7) is 1.97. The lowest BCUT2D eigenvalue weighted by Gasteiger charge is -2.35. The van der Waals surface area contributed by atoms with Gasteiger partial charge in [-0.2, -0.15) is 0 Å². The van der Waals surface area contributed by atoms with Gasteiger partial charge in [0.2, 0.25) is 0 Å². The lowest BCUT2D eigenvalue weighted by atomic mass is 10.2. The molecular formula is C12H13ClN2O3. The topological polar surface area (TPSA) is 60.9 Å². The van der Waals surface area contributed by atoms with Crippen LogP contribution in [0.4, 0.5) is 5.69 Å². The van der Waals surface area contributed by atoms with Crippen LogP contribution in [0.5, 0.6) is 0 Å². The molecule has 1 aliphatic heterocycles. The molecule has 1 aromatic carbocycles. The van der Waals surface area contributed by atoms with Gasteiger partial charge in [0, 0.05) is 26.2 Å². The first kappa shape index (κ1) is 12.7. The molecule has 0 atom stereocenters. The number of hydrogen-bond donors (Lipinski definition) is 1. The molecule has 1 aromatic rings. The normalized spacial score (nSPS) is 15.6. The van der Waals surface area contributed by atoms with E-state index in [9.17, 15) is 9.59 Å². The first-order valence-electron chi connectivity index (χ1n) is 5.61. The van der Waals surface area contributed by atoms with Crippen LogP contribution in [-0.4, -0.2) is 48.1 Å². The number of benzene rings is 1. The number of nitrogens with zero attached hydrogens (tertiary/aromatic N) is 2. The highest BCUT2D eigenvalue weighted by atomic mass is 35.5. The fourth-order valence-electron chi connectivity index (χ4n) is 1.99. The minimum Gasteiger partial charge on any atom is -0.474 e. The van der Waals surface area contributed by atoms with Crippen LogP contribution in [0.2, 0.25) is 5.02 Å². The maximum absolute atomic E-state index is 11.3. The van der Waals surface area contributed by atoms with Crippen molar-refractivity contribution in [2.75, 3.05) is 31.1 Å². The van der Waals surface area contributed by atoms with Gasteiger partial charge >= 0.3 is 11.9 Å². The Kier molecular flexibility index (Phi) is 3.72. The number of carbonyl (C=O) groups is 2. The summed E-state index contributed by atoms with van der Waals surface area (Å²) >= 11 is 6.09. The molecule has 1 N–H and O–H groups in total. The van der Waals surface area contributed by atoms with E-state index in [0.717, 1.165) is 5.69 Å². The zero-order chi connectivity index (χ0) is 13.1. The van der Waals surface area contributed by atoms with Crippen molar-refractivity contribution in [3.63, 3.8) is 0 Å². The number of rotatable bonds is 1. The van der Waals surface area contributed by atoms with E-state index < -0.39 is 11.9 Å². The molecular weight excluding hydrogens is 256 g/mol. The third-order valence-corrected chi connectivity index (χ3v) is 3.26. The van der Waals surface area contributed by atoms with E-state index in [0.29, 0.717) is 31.2 Å². The van der Waals surface area contributed by atoms with Crippen molar-refractivity contribution in [2.45, 2.75) is 0 Å². The molecule has 0 aromatic heterocycles. The molecule has 5 nitrogen and oxygen atoms in total. The molecule has 1 fully saturated rings. The summed E-state index contributed by atoms with van der Waals surface area (Å²) in [6.07, 6.45) is 0. The number of piperazine rings is 1. The van der Waals surface area contributed by atoms with Gasteiger partial charge in [-0.25, -0.2) is 4.79 Å². The van der Waals surface area contributed by atoms with Gasteiger partial charge in [0.25, 0.3) is 0 Å². The minimum atomic E-state index is -1.40. The molecule has 1 saturated heterocycles. The van der Waals surface area contributed by atoms with Crippen molar-refractivity contribution in [3.8, 4) is 0 Å². The number of hydrogen-bond acceptors (Lipinski definition) is 3. The second-order valence-corrected chi connectivity index (χ2v) is 4.44. The van der Waals surface area contributed by atoms with Gasteiger partial charge in [0.05, 0.1) is 10.7 Å². The number of aliphatic carboxylic acids is 1. The first-order valence-corrected chi connectivity index (χ1v) is 5.99. The summed E-state index contributed by atoms with van der Waals surface area (Å²) in [6, 6.07) is 7.48. The number of para-hydroxylation sites is 1. The van der Waals surface area contributed by atoms with Crippen LogP contribution in [0.3, 0.4) is 0 Å². The highest BCUT2D eigenvalue weighted by molar-refractivity contribution is 6.33. The number of halogens is 1. The average molecular weight is 269 g/mol. The van der Waals surface area contributed by atoms with Crippen LogP contribution in [0.15, 0.2) is 24.3 Å². The second kappa shape index (κ2) is 5.27. The largest absolute Gasteiger partial charge is 0.474 e. The number of carboxylic acid groups (broad SMARTS) is 1. The molecule has 1 amide bonds. The number of carboxylic acids is 1. The Labute approximate surface area is 110 Å². The van der Waals surface area contributed by atoms with E-state index in [4.69, 9.17) is 16.7 Å². The molecule has 0 spiro atoms. The predicted molar refractivity (Wildman–Crippen MR) is 67.9 cm³/mol. The van der Waals surface area contributed by atoms with E-state index in [1.165, 1.54) is 4.90 Å². The monoisotopic (exact) mass is 268 g/mol. The minimum absolute atomic E-state index is 0.399. The Morgan fingerprint density at radius 3 is 2.28 bits per heavy atom.